The second-order valence-electron chi connectivity index (χ2n) is 10.8. The first-order chi connectivity index (χ1) is 22.1. The number of anilines is 1. The van der Waals surface area contributed by atoms with Gasteiger partial charge >= 0.3 is 11.8 Å². The number of carboxylic acid groups (broad SMARTS) is 1. The van der Waals surface area contributed by atoms with Gasteiger partial charge in [-0.05, 0) is 54.7 Å². The molecule has 0 atom stereocenters. The number of hydrogen-bond acceptors (Lipinski definition) is 9. The molecule has 230 valence electrons. The Kier molecular flexibility index (Phi) is 8.12. The third kappa shape index (κ3) is 5.51. The molecule has 0 fully saturated rings. The van der Waals surface area contributed by atoms with E-state index in [4.69, 9.17) is 16.3 Å². The van der Waals surface area contributed by atoms with Gasteiger partial charge in [-0.15, -0.1) is 11.3 Å². The fourth-order valence-electron chi connectivity index (χ4n) is 5.33. The molecule has 1 N–H and O–H groups in total. The van der Waals surface area contributed by atoms with Gasteiger partial charge in [0.25, 0.3) is 5.56 Å². The SMILES string of the molecule is Cc1cc(N(C)C)c[n+](-c2ncc3nc(C)n(CCOc4ccc(Cl)cc4-c4ccnc5c(C(=O)O)csc45)c(=O)c3c2C#N)c1. The molecule has 0 aliphatic heterocycles. The van der Waals surface area contributed by atoms with Crippen LogP contribution in [-0.4, -0.2) is 51.3 Å². The molecule has 0 aliphatic rings. The third-order valence-electron chi connectivity index (χ3n) is 7.52. The number of aromatic carboxylic acids is 1. The Hall–Kier alpha value is -5.38. The van der Waals surface area contributed by atoms with Crippen LogP contribution >= 0.6 is 22.9 Å². The second kappa shape index (κ2) is 12.2. The molecule has 0 unspecified atom stereocenters. The van der Waals surface area contributed by atoms with Gasteiger partial charge in [-0.3, -0.25) is 14.3 Å². The van der Waals surface area contributed by atoms with Crippen molar-refractivity contribution in [3.05, 3.63) is 98.4 Å². The number of pyridine rings is 3. The van der Waals surface area contributed by atoms with Crippen molar-refractivity contribution in [1.29, 1.82) is 5.26 Å². The summed E-state index contributed by atoms with van der Waals surface area (Å²) >= 11 is 7.65. The maximum atomic E-state index is 13.9. The number of carbonyl (C=O) groups is 1. The highest BCUT2D eigenvalue weighted by atomic mass is 35.5. The van der Waals surface area contributed by atoms with Gasteiger partial charge in [0.05, 0.1) is 39.6 Å². The van der Waals surface area contributed by atoms with Crippen LogP contribution in [-0.2, 0) is 6.54 Å². The van der Waals surface area contributed by atoms with E-state index in [1.165, 1.54) is 22.1 Å². The van der Waals surface area contributed by atoms with Crippen molar-refractivity contribution in [2.24, 2.45) is 0 Å². The van der Waals surface area contributed by atoms with Gasteiger partial charge in [0.1, 0.15) is 36.0 Å². The molecule has 5 heterocycles. The first-order valence-electron chi connectivity index (χ1n) is 14.1. The number of halogens is 1. The van der Waals surface area contributed by atoms with Crippen molar-refractivity contribution in [3.63, 3.8) is 0 Å². The number of thiophene rings is 1. The first-order valence-corrected chi connectivity index (χ1v) is 15.4. The Morgan fingerprint density at radius 2 is 1.98 bits per heavy atom. The Morgan fingerprint density at radius 3 is 2.72 bits per heavy atom. The monoisotopic (exact) mass is 652 g/mol. The summed E-state index contributed by atoms with van der Waals surface area (Å²) in [6, 6.07) is 11.2. The molecule has 11 nitrogen and oxygen atoms in total. The number of fused-ring (bicyclic) bond motifs is 2. The largest absolute Gasteiger partial charge is 0.491 e. The Balaban J connectivity index is 1.36. The highest BCUT2D eigenvalue weighted by Crippen LogP contribution is 2.39. The summed E-state index contributed by atoms with van der Waals surface area (Å²) in [6.45, 7) is 3.91. The van der Waals surface area contributed by atoms with E-state index >= 15 is 0 Å². The molecule has 6 rings (SSSR count). The quantitative estimate of drug-likeness (QED) is 0.216. The zero-order chi connectivity index (χ0) is 32.7. The van der Waals surface area contributed by atoms with Crippen molar-refractivity contribution in [1.82, 2.24) is 19.5 Å². The Labute approximate surface area is 272 Å². The summed E-state index contributed by atoms with van der Waals surface area (Å²) in [5.74, 6) is 0.228. The molecule has 6 aromatic rings. The number of nitriles is 1. The zero-order valence-electron chi connectivity index (χ0n) is 25.3. The van der Waals surface area contributed by atoms with E-state index in [9.17, 15) is 20.0 Å². The van der Waals surface area contributed by atoms with Crippen molar-refractivity contribution in [3.8, 4) is 28.8 Å². The van der Waals surface area contributed by atoms with Crippen LogP contribution in [0.3, 0.4) is 0 Å². The van der Waals surface area contributed by atoms with Gasteiger partial charge in [-0.25, -0.2) is 9.78 Å². The molecule has 0 saturated heterocycles. The molecule has 13 heteroatoms. The first kappa shape index (κ1) is 30.6. The van der Waals surface area contributed by atoms with Crippen LogP contribution in [0.15, 0.2) is 65.3 Å². The van der Waals surface area contributed by atoms with Crippen LogP contribution in [0.1, 0.15) is 27.3 Å². The average Bonchev–Trinajstić information content (AvgIpc) is 3.47. The summed E-state index contributed by atoms with van der Waals surface area (Å²) in [4.78, 5) is 41.0. The number of aryl methyl sites for hydroxylation is 2. The summed E-state index contributed by atoms with van der Waals surface area (Å²) in [6.07, 6.45) is 6.78. The molecule has 0 spiro atoms. The molecule has 1 aromatic carbocycles. The van der Waals surface area contributed by atoms with E-state index in [0.29, 0.717) is 43.7 Å². The van der Waals surface area contributed by atoms with E-state index in [1.54, 1.807) is 47.3 Å². The number of hydrogen-bond donors (Lipinski definition) is 1. The van der Waals surface area contributed by atoms with Crippen molar-refractivity contribution < 1.29 is 19.2 Å². The molecule has 5 aromatic heterocycles. The molecule has 0 bridgehead atoms. The highest BCUT2D eigenvalue weighted by Gasteiger charge is 2.24. The summed E-state index contributed by atoms with van der Waals surface area (Å²) in [7, 11) is 3.85. The maximum absolute atomic E-state index is 13.9. The van der Waals surface area contributed by atoms with Crippen LogP contribution < -0.4 is 19.8 Å². The normalized spacial score (nSPS) is 11.1. The standard InChI is InChI=1S/C33H26ClN7O4S/c1-18-11-21(39(3)4)16-40(15-18)31-24(13-35)28-26(14-37-31)38-19(2)41(32(28)42)9-10-45-27-6-5-20(34)12-23(27)22-7-8-36-29-25(33(43)44)17-46-30(22)29/h5-8,11-12,14-17H,9-10H2,1-4H3/p+1. The van der Waals surface area contributed by atoms with E-state index in [1.807, 2.05) is 44.4 Å². The Bertz CT molecular complexity index is 2290. The second-order valence-corrected chi connectivity index (χ2v) is 12.1. The van der Waals surface area contributed by atoms with E-state index in [2.05, 4.69) is 21.0 Å². The lowest BCUT2D eigenvalue weighted by atomic mass is 10.0. The minimum absolute atomic E-state index is 0.0975. The van der Waals surface area contributed by atoms with Crippen molar-refractivity contribution in [2.75, 3.05) is 25.6 Å². The lowest BCUT2D eigenvalue weighted by molar-refractivity contribution is -0.599. The summed E-state index contributed by atoms with van der Waals surface area (Å²) < 4.78 is 10.1. The van der Waals surface area contributed by atoms with E-state index < -0.39 is 5.97 Å². The van der Waals surface area contributed by atoms with Crippen LogP contribution in [0.4, 0.5) is 5.69 Å². The predicted octanol–water partition coefficient (Wildman–Crippen LogP) is 5.33. The minimum atomic E-state index is -1.05. The topological polar surface area (TPSA) is 138 Å². The minimum Gasteiger partial charge on any atom is -0.491 e. The van der Waals surface area contributed by atoms with Crippen molar-refractivity contribution >= 4 is 55.7 Å². The van der Waals surface area contributed by atoms with Gasteiger partial charge in [0.2, 0.25) is 0 Å². The number of nitrogens with zero attached hydrogens (tertiary/aromatic N) is 7. The molecular formula is C33H27ClN7O4S+. The van der Waals surface area contributed by atoms with Crippen LogP contribution in [0.25, 0.3) is 38.1 Å². The maximum Gasteiger partial charge on any atom is 0.346 e. The van der Waals surface area contributed by atoms with E-state index in [-0.39, 0.29) is 35.2 Å². The average molecular weight is 653 g/mol. The molecule has 46 heavy (non-hydrogen) atoms. The van der Waals surface area contributed by atoms with Gasteiger partial charge in [-0.1, -0.05) is 11.6 Å². The summed E-state index contributed by atoms with van der Waals surface area (Å²) in [5, 5.41) is 22.0. The number of ether oxygens (including phenoxy) is 1. The molecule has 0 saturated carbocycles. The van der Waals surface area contributed by atoms with Crippen LogP contribution in [0, 0.1) is 25.2 Å². The van der Waals surface area contributed by atoms with Gasteiger partial charge in [0, 0.05) is 41.8 Å². The Morgan fingerprint density at radius 1 is 1.17 bits per heavy atom. The fourth-order valence-corrected chi connectivity index (χ4v) is 6.53. The number of carboxylic acids is 1. The van der Waals surface area contributed by atoms with Crippen molar-refractivity contribution in [2.45, 2.75) is 20.4 Å². The smallest absolute Gasteiger partial charge is 0.346 e. The summed E-state index contributed by atoms with van der Waals surface area (Å²) in [5.41, 5.74) is 3.86. The lowest BCUT2D eigenvalue weighted by Crippen LogP contribution is -2.35. The fraction of sp³-hybridized carbons (Fsp3) is 0.182. The number of aromatic nitrogens is 5. The predicted molar refractivity (Wildman–Crippen MR) is 176 cm³/mol. The number of rotatable bonds is 8. The highest BCUT2D eigenvalue weighted by molar-refractivity contribution is 7.18. The lowest BCUT2D eigenvalue weighted by Gasteiger charge is -2.15. The third-order valence-corrected chi connectivity index (χ3v) is 8.76. The van der Waals surface area contributed by atoms with Crippen LogP contribution in [0.5, 0.6) is 5.75 Å². The van der Waals surface area contributed by atoms with E-state index in [0.717, 1.165) is 16.8 Å². The van der Waals surface area contributed by atoms with Gasteiger partial charge in [-0.2, -0.15) is 9.83 Å². The zero-order valence-corrected chi connectivity index (χ0v) is 26.8. The van der Waals surface area contributed by atoms with Gasteiger partial charge < -0.3 is 14.7 Å². The molecule has 0 aliphatic carbocycles. The van der Waals surface area contributed by atoms with Crippen LogP contribution in [0.2, 0.25) is 5.02 Å². The van der Waals surface area contributed by atoms with Gasteiger partial charge in [0.15, 0.2) is 11.8 Å². The number of benzene rings is 1. The molecule has 0 amide bonds. The molecule has 0 radical (unpaired) electrons. The molecular weight excluding hydrogens is 626 g/mol.